The monoisotopic (exact) mass is 146 g/mol. The Kier molecular flexibility index (Phi) is 3.73. The van der Waals surface area contributed by atoms with Crippen molar-refractivity contribution in [3.8, 4) is 0 Å². The topological polar surface area (TPSA) is 52.0 Å². The van der Waals surface area contributed by atoms with Crippen molar-refractivity contribution in [2.75, 3.05) is 0 Å². The molecule has 2 unspecified atom stereocenters. The highest BCUT2D eigenvalue weighted by Gasteiger charge is 2.11. The first kappa shape index (κ1) is 8.85. The molecule has 0 aromatic heterocycles. The van der Waals surface area contributed by atoms with Crippen LogP contribution in [0.1, 0.15) is 20.3 Å². The molecule has 9 heavy (non-hydrogen) atoms. The van der Waals surface area contributed by atoms with Gasteiger partial charge >= 0.3 is 0 Å². The van der Waals surface area contributed by atoms with E-state index in [9.17, 15) is 0 Å². The minimum absolute atomic E-state index is 0.106. The van der Waals surface area contributed by atoms with Crippen LogP contribution in [0.2, 0.25) is 0 Å². The van der Waals surface area contributed by atoms with Gasteiger partial charge in [-0.1, -0.05) is 32.5 Å². The van der Waals surface area contributed by atoms with Crippen LogP contribution in [-0.2, 0) is 0 Å². The van der Waals surface area contributed by atoms with Gasteiger partial charge < -0.3 is 11.5 Å². The second-order valence-corrected chi connectivity index (χ2v) is 2.79. The zero-order chi connectivity index (χ0) is 7.44. The van der Waals surface area contributed by atoms with Crippen LogP contribution < -0.4 is 11.5 Å². The molecule has 4 N–H and O–H groups in total. The number of nitrogens with two attached hydrogens (primary N) is 2. The SMILES string of the molecule is CCC(C)C(N)C(N)=S. The van der Waals surface area contributed by atoms with Crippen LogP contribution in [0.15, 0.2) is 0 Å². The zero-order valence-corrected chi connectivity index (χ0v) is 6.74. The summed E-state index contributed by atoms with van der Waals surface area (Å²) in [7, 11) is 0. The third kappa shape index (κ3) is 2.77. The summed E-state index contributed by atoms with van der Waals surface area (Å²) in [5.74, 6) is 0.405. The van der Waals surface area contributed by atoms with Gasteiger partial charge in [-0.15, -0.1) is 0 Å². The molecule has 0 saturated heterocycles. The average molecular weight is 146 g/mol. The Morgan fingerprint density at radius 1 is 1.67 bits per heavy atom. The predicted octanol–water partition coefficient (Wildman–Crippen LogP) is 0.646. The van der Waals surface area contributed by atoms with Crippen LogP contribution in [-0.4, -0.2) is 11.0 Å². The first-order valence-electron chi connectivity index (χ1n) is 3.14. The van der Waals surface area contributed by atoms with Crippen molar-refractivity contribution >= 4 is 17.2 Å². The predicted molar refractivity (Wildman–Crippen MR) is 44.2 cm³/mol. The number of hydrogen-bond donors (Lipinski definition) is 2. The summed E-state index contributed by atoms with van der Waals surface area (Å²) in [6.45, 7) is 4.12. The third-order valence-electron chi connectivity index (χ3n) is 1.59. The molecule has 0 aromatic rings. The summed E-state index contributed by atoms with van der Waals surface area (Å²) in [5, 5.41) is 0. The van der Waals surface area contributed by atoms with E-state index in [4.69, 9.17) is 23.7 Å². The molecule has 0 rings (SSSR count). The van der Waals surface area contributed by atoms with E-state index < -0.39 is 0 Å². The van der Waals surface area contributed by atoms with E-state index in [2.05, 4.69) is 6.92 Å². The maximum absolute atomic E-state index is 5.60. The molecule has 3 heteroatoms. The molecule has 0 aliphatic rings. The lowest BCUT2D eigenvalue weighted by molar-refractivity contribution is 0.523. The fraction of sp³-hybridized carbons (Fsp3) is 0.833. The number of rotatable bonds is 3. The highest BCUT2D eigenvalue weighted by atomic mass is 32.1. The minimum Gasteiger partial charge on any atom is -0.392 e. The van der Waals surface area contributed by atoms with Crippen LogP contribution in [0.25, 0.3) is 0 Å². The Labute approximate surface area is 61.6 Å². The van der Waals surface area contributed by atoms with E-state index in [1.807, 2.05) is 6.92 Å². The molecule has 0 aromatic carbocycles. The molecule has 0 heterocycles. The molecule has 0 saturated carbocycles. The summed E-state index contributed by atoms with van der Waals surface area (Å²) in [6, 6.07) is -0.106. The first-order valence-corrected chi connectivity index (χ1v) is 3.55. The lowest BCUT2D eigenvalue weighted by Gasteiger charge is -2.15. The maximum Gasteiger partial charge on any atom is 0.0900 e. The third-order valence-corrected chi connectivity index (χ3v) is 1.86. The Balaban J connectivity index is 3.72. The fourth-order valence-electron chi connectivity index (χ4n) is 0.534. The summed E-state index contributed by atoms with van der Waals surface area (Å²) >= 11 is 4.71. The van der Waals surface area contributed by atoms with E-state index in [1.54, 1.807) is 0 Å². The number of thiocarbonyl (C=S) groups is 1. The Bertz CT molecular complexity index is 103. The largest absolute Gasteiger partial charge is 0.392 e. The second kappa shape index (κ2) is 3.80. The fourth-order valence-corrected chi connectivity index (χ4v) is 0.767. The average Bonchev–Trinajstić information content (AvgIpc) is 1.84. The molecule has 0 spiro atoms. The van der Waals surface area contributed by atoms with E-state index in [-0.39, 0.29) is 6.04 Å². The van der Waals surface area contributed by atoms with Gasteiger partial charge in [-0.25, -0.2) is 0 Å². The van der Waals surface area contributed by atoms with Gasteiger partial charge in [0.05, 0.1) is 11.0 Å². The van der Waals surface area contributed by atoms with Gasteiger partial charge in [0.15, 0.2) is 0 Å². The standard InChI is InChI=1S/C6H14N2S/c1-3-4(2)5(7)6(8)9/h4-5H,3,7H2,1-2H3,(H2,8,9). The van der Waals surface area contributed by atoms with Crippen LogP contribution in [0.3, 0.4) is 0 Å². The summed E-state index contributed by atoms with van der Waals surface area (Å²) < 4.78 is 0. The first-order chi connectivity index (χ1) is 4.09. The van der Waals surface area contributed by atoms with Crippen molar-refractivity contribution in [2.24, 2.45) is 17.4 Å². The molecule has 0 aliphatic carbocycles. The van der Waals surface area contributed by atoms with Gasteiger partial charge in [0.2, 0.25) is 0 Å². The molecule has 54 valence electrons. The normalized spacial score (nSPS) is 16.8. The van der Waals surface area contributed by atoms with Crippen molar-refractivity contribution in [2.45, 2.75) is 26.3 Å². The molecule has 2 nitrogen and oxygen atoms in total. The van der Waals surface area contributed by atoms with Crippen LogP contribution in [0.5, 0.6) is 0 Å². The van der Waals surface area contributed by atoms with Crippen LogP contribution in [0.4, 0.5) is 0 Å². The van der Waals surface area contributed by atoms with Gasteiger partial charge in [-0.3, -0.25) is 0 Å². The van der Waals surface area contributed by atoms with Gasteiger partial charge in [-0.05, 0) is 5.92 Å². The molecular weight excluding hydrogens is 132 g/mol. The van der Waals surface area contributed by atoms with Crippen molar-refractivity contribution in [3.63, 3.8) is 0 Å². The molecule has 0 aliphatic heterocycles. The Hall–Kier alpha value is -0.150. The smallest absolute Gasteiger partial charge is 0.0900 e. The van der Waals surface area contributed by atoms with E-state index in [1.165, 1.54) is 0 Å². The lowest BCUT2D eigenvalue weighted by Crippen LogP contribution is -2.40. The quantitative estimate of drug-likeness (QED) is 0.575. The molecule has 0 amide bonds. The van der Waals surface area contributed by atoms with E-state index in [0.29, 0.717) is 10.9 Å². The highest BCUT2D eigenvalue weighted by molar-refractivity contribution is 7.80. The lowest BCUT2D eigenvalue weighted by atomic mass is 10.0. The maximum atomic E-state index is 5.60. The van der Waals surface area contributed by atoms with Gasteiger partial charge in [-0.2, -0.15) is 0 Å². The summed E-state index contributed by atoms with van der Waals surface area (Å²) in [5.41, 5.74) is 10.9. The molecular formula is C6H14N2S. The van der Waals surface area contributed by atoms with E-state index >= 15 is 0 Å². The van der Waals surface area contributed by atoms with Crippen molar-refractivity contribution in [3.05, 3.63) is 0 Å². The van der Waals surface area contributed by atoms with Crippen LogP contribution in [0, 0.1) is 5.92 Å². The van der Waals surface area contributed by atoms with Crippen molar-refractivity contribution < 1.29 is 0 Å². The van der Waals surface area contributed by atoms with Gasteiger partial charge in [0, 0.05) is 0 Å². The summed E-state index contributed by atoms with van der Waals surface area (Å²) in [6.07, 6.45) is 1.03. The molecule has 0 radical (unpaired) electrons. The van der Waals surface area contributed by atoms with E-state index in [0.717, 1.165) is 6.42 Å². The van der Waals surface area contributed by atoms with Gasteiger partial charge in [0.25, 0.3) is 0 Å². The zero-order valence-electron chi connectivity index (χ0n) is 5.92. The number of hydrogen-bond acceptors (Lipinski definition) is 2. The Morgan fingerprint density at radius 2 is 2.11 bits per heavy atom. The second-order valence-electron chi connectivity index (χ2n) is 2.31. The molecule has 2 atom stereocenters. The van der Waals surface area contributed by atoms with Crippen LogP contribution >= 0.6 is 12.2 Å². The molecule has 0 bridgehead atoms. The highest BCUT2D eigenvalue weighted by Crippen LogP contribution is 2.04. The van der Waals surface area contributed by atoms with Gasteiger partial charge in [0.1, 0.15) is 0 Å². The van der Waals surface area contributed by atoms with Crippen molar-refractivity contribution in [1.82, 2.24) is 0 Å². The van der Waals surface area contributed by atoms with Crippen molar-refractivity contribution in [1.29, 1.82) is 0 Å². The summed E-state index contributed by atoms with van der Waals surface area (Å²) in [4.78, 5) is 0.421. The minimum atomic E-state index is -0.106. The molecule has 0 fully saturated rings. The Morgan fingerprint density at radius 3 is 2.22 bits per heavy atom.